The van der Waals surface area contributed by atoms with Crippen LogP contribution in [0.4, 0.5) is 5.13 Å². The highest BCUT2D eigenvalue weighted by Gasteiger charge is 2.23. The molecule has 0 unspecified atom stereocenters. The highest BCUT2D eigenvalue weighted by atomic mass is 32.1. The SMILES string of the molecule is COc1ccc(-c2csc(NC(=O)CN3C[C@H](C)O[C@@H](C)C3)n2)cc1. The molecule has 0 spiro atoms. The monoisotopic (exact) mass is 361 g/mol. The minimum Gasteiger partial charge on any atom is -0.497 e. The van der Waals surface area contributed by atoms with Gasteiger partial charge in [-0.2, -0.15) is 0 Å². The number of nitrogens with one attached hydrogen (secondary N) is 1. The van der Waals surface area contributed by atoms with E-state index in [1.165, 1.54) is 11.3 Å². The predicted octanol–water partition coefficient (Wildman–Crippen LogP) is 2.87. The zero-order valence-corrected chi connectivity index (χ0v) is 15.5. The van der Waals surface area contributed by atoms with Crippen LogP contribution in [0.15, 0.2) is 29.6 Å². The van der Waals surface area contributed by atoms with Gasteiger partial charge in [0.2, 0.25) is 5.91 Å². The molecule has 2 aromatic rings. The van der Waals surface area contributed by atoms with Gasteiger partial charge >= 0.3 is 0 Å². The van der Waals surface area contributed by atoms with Crippen LogP contribution < -0.4 is 10.1 Å². The lowest BCUT2D eigenvalue weighted by Gasteiger charge is -2.34. The molecular weight excluding hydrogens is 338 g/mol. The van der Waals surface area contributed by atoms with Crippen molar-refractivity contribution in [2.24, 2.45) is 0 Å². The molecule has 1 aromatic heterocycles. The van der Waals surface area contributed by atoms with Crippen LogP contribution in [0.25, 0.3) is 11.3 Å². The lowest BCUT2D eigenvalue weighted by atomic mass is 10.2. The smallest absolute Gasteiger partial charge is 0.240 e. The number of amides is 1. The number of carbonyl (C=O) groups excluding carboxylic acids is 1. The first-order valence-electron chi connectivity index (χ1n) is 8.31. The molecule has 1 aliphatic rings. The molecule has 1 saturated heterocycles. The number of ether oxygens (including phenoxy) is 2. The summed E-state index contributed by atoms with van der Waals surface area (Å²) in [6.07, 6.45) is 0.302. The Morgan fingerprint density at radius 2 is 2.00 bits per heavy atom. The largest absolute Gasteiger partial charge is 0.497 e. The lowest BCUT2D eigenvalue weighted by molar-refractivity contribution is -0.121. The van der Waals surface area contributed by atoms with Gasteiger partial charge in [0.15, 0.2) is 5.13 Å². The Bertz CT molecular complexity index is 707. The van der Waals surface area contributed by atoms with E-state index in [0.29, 0.717) is 11.7 Å². The molecule has 0 bridgehead atoms. The number of rotatable bonds is 5. The number of carbonyl (C=O) groups is 1. The Morgan fingerprint density at radius 3 is 2.64 bits per heavy atom. The van der Waals surface area contributed by atoms with E-state index >= 15 is 0 Å². The van der Waals surface area contributed by atoms with Crippen molar-refractivity contribution in [2.45, 2.75) is 26.1 Å². The second kappa shape index (κ2) is 7.95. The van der Waals surface area contributed by atoms with Crippen molar-refractivity contribution in [3.8, 4) is 17.0 Å². The third-order valence-corrected chi connectivity index (χ3v) is 4.76. The molecule has 3 rings (SSSR count). The van der Waals surface area contributed by atoms with Crippen molar-refractivity contribution in [2.75, 3.05) is 32.1 Å². The molecule has 1 N–H and O–H groups in total. The van der Waals surface area contributed by atoms with Crippen LogP contribution >= 0.6 is 11.3 Å². The minimum atomic E-state index is -0.0445. The number of thiazole rings is 1. The van der Waals surface area contributed by atoms with Gasteiger partial charge in [0.25, 0.3) is 0 Å². The molecule has 1 aromatic carbocycles. The number of benzene rings is 1. The third kappa shape index (κ3) is 4.78. The van der Waals surface area contributed by atoms with Crippen molar-refractivity contribution in [3.05, 3.63) is 29.6 Å². The van der Waals surface area contributed by atoms with E-state index in [0.717, 1.165) is 30.1 Å². The van der Waals surface area contributed by atoms with E-state index in [-0.39, 0.29) is 18.1 Å². The number of anilines is 1. The van der Waals surface area contributed by atoms with E-state index in [1.54, 1.807) is 7.11 Å². The Morgan fingerprint density at radius 1 is 1.32 bits per heavy atom. The summed E-state index contributed by atoms with van der Waals surface area (Å²) in [5.74, 6) is 0.762. The first-order valence-corrected chi connectivity index (χ1v) is 9.19. The molecule has 6 nitrogen and oxygen atoms in total. The van der Waals surface area contributed by atoms with Crippen LogP contribution in [0.5, 0.6) is 5.75 Å². The Hall–Kier alpha value is -1.96. The van der Waals surface area contributed by atoms with E-state index in [9.17, 15) is 4.79 Å². The van der Waals surface area contributed by atoms with Gasteiger partial charge in [0.1, 0.15) is 5.75 Å². The summed E-state index contributed by atoms with van der Waals surface area (Å²) in [6, 6.07) is 7.70. The van der Waals surface area contributed by atoms with Crippen LogP contribution in [0.1, 0.15) is 13.8 Å². The summed E-state index contributed by atoms with van der Waals surface area (Å²) in [6.45, 7) is 5.96. The Kier molecular flexibility index (Phi) is 5.67. The molecule has 7 heteroatoms. The number of hydrogen-bond donors (Lipinski definition) is 1. The van der Waals surface area contributed by atoms with Crippen molar-refractivity contribution in [3.63, 3.8) is 0 Å². The van der Waals surface area contributed by atoms with Crippen molar-refractivity contribution >= 4 is 22.4 Å². The predicted molar refractivity (Wildman–Crippen MR) is 99.2 cm³/mol. The maximum atomic E-state index is 12.3. The molecule has 0 aliphatic carbocycles. The quantitative estimate of drug-likeness (QED) is 0.887. The molecule has 1 aliphatic heterocycles. The summed E-state index contributed by atoms with van der Waals surface area (Å²) in [7, 11) is 1.64. The molecular formula is C18H23N3O3S. The summed E-state index contributed by atoms with van der Waals surface area (Å²) in [5.41, 5.74) is 1.84. The van der Waals surface area contributed by atoms with E-state index in [1.807, 2.05) is 43.5 Å². The number of nitrogens with zero attached hydrogens (tertiary/aromatic N) is 2. The van der Waals surface area contributed by atoms with E-state index < -0.39 is 0 Å². The molecule has 2 atom stereocenters. The standard InChI is InChI=1S/C18H23N3O3S/c1-12-8-21(9-13(2)24-12)10-17(22)20-18-19-16(11-25-18)14-4-6-15(23-3)7-5-14/h4-7,11-13H,8-10H2,1-3H3,(H,19,20,22)/t12-,13-/m0/s1. The number of aromatic nitrogens is 1. The topological polar surface area (TPSA) is 63.7 Å². The van der Waals surface area contributed by atoms with Crippen LogP contribution in [-0.4, -0.2) is 54.7 Å². The lowest BCUT2D eigenvalue weighted by Crippen LogP contribution is -2.48. The number of morpholine rings is 1. The van der Waals surface area contributed by atoms with Gasteiger partial charge in [-0.25, -0.2) is 4.98 Å². The van der Waals surface area contributed by atoms with Gasteiger partial charge < -0.3 is 14.8 Å². The molecule has 134 valence electrons. The summed E-state index contributed by atoms with van der Waals surface area (Å²) < 4.78 is 10.9. The minimum absolute atomic E-state index is 0.0445. The molecule has 25 heavy (non-hydrogen) atoms. The highest BCUT2D eigenvalue weighted by molar-refractivity contribution is 7.14. The molecule has 0 radical (unpaired) electrons. The summed E-state index contributed by atoms with van der Waals surface area (Å²) >= 11 is 1.43. The molecule has 1 amide bonds. The van der Waals surface area contributed by atoms with E-state index in [2.05, 4.69) is 15.2 Å². The maximum absolute atomic E-state index is 12.3. The average Bonchev–Trinajstić information content (AvgIpc) is 3.02. The fraction of sp³-hybridized carbons (Fsp3) is 0.444. The van der Waals surface area contributed by atoms with Gasteiger partial charge in [-0.15, -0.1) is 11.3 Å². The van der Waals surface area contributed by atoms with Gasteiger partial charge in [0, 0.05) is 24.0 Å². The second-order valence-corrected chi connectivity index (χ2v) is 7.12. The summed E-state index contributed by atoms with van der Waals surface area (Å²) in [5, 5.41) is 5.45. The first-order chi connectivity index (χ1) is 12.0. The molecule has 1 fully saturated rings. The Balaban J connectivity index is 1.58. The zero-order chi connectivity index (χ0) is 17.8. The van der Waals surface area contributed by atoms with Crippen LogP contribution in [-0.2, 0) is 9.53 Å². The van der Waals surface area contributed by atoms with Gasteiger partial charge in [-0.05, 0) is 38.1 Å². The van der Waals surface area contributed by atoms with Crippen molar-refractivity contribution in [1.29, 1.82) is 0 Å². The molecule has 0 saturated carbocycles. The van der Waals surface area contributed by atoms with E-state index in [4.69, 9.17) is 9.47 Å². The van der Waals surface area contributed by atoms with Crippen LogP contribution in [0, 0.1) is 0 Å². The normalized spacial score (nSPS) is 21.1. The molecule has 2 heterocycles. The zero-order valence-electron chi connectivity index (χ0n) is 14.7. The first kappa shape index (κ1) is 17.8. The highest BCUT2D eigenvalue weighted by Crippen LogP contribution is 2.26. The fourth-order valence-electron chi connectivity index (χ4n) is 3.00. The van der Waals surface area contributed by atoms with Crippen molar-refractivity contribution in [1.82, 2.24) is 9.88 Å². The second-order valence-electron chi connectivity index (χ2n) is 6.27. The third-order valence-electron chi connectivity index (χ3n) is 4.00. The van der Waals surface area contributed by atoms with Crippen molar-refractivity contribution < 1.29 is 14.3 Å². The van der Waals surface area contributed by atoms with Gasteiger partial charge in [0.05, 0.1) is 31.6 Å². The Labute approximate surface area is 151 Å². The fourth-order valence-corrected chi connectivity index (χ4v) is 3.74. The number of hydrogen-bond acceptors (Lipinski definition) is 6. The van der Waals surface area contributed by atoms with Crippen LogP contribution in [0.2, 0.25) is 0 Å². The summed E-state index contributed by atoms with van der Waals surface area (Å²) in [4.78, 5) is 18.9. The number of methoxy groups -OCH3 is 1. The van der Waals surface area contributed by atoms with Gasteiger partial charge in [-0.3, -0.25) is 9.69 Å². The van der Waals surface area contributed by atoms with Crippen LogP contribution in [0.3, 0.4) is 0 Å². The van der Waals surface area contributed by atoms with Gasteiger partial charge in [-0.1, -0.05) is 0 Å². The maximum Gasteiger partial charge on any atom is 0.240 e. The average molecular weight is 361 g/mol.